The Morgan fingerprint density at radius 1 is 1.12 bits per heavy atom. The number of carboxylic acids is 1. The summed E-state index contributed by atoms with van der Waals surface area (Å²) in [6, 6.07) is 9.40. The number of nitrogens with zero attached hydrogens (tertiary/aromatic N) is 1. The van der Waals surface area contributed by atoms with Crippen LogP contribution in [0.4, 0.5) is 0 Å². The van der Waals surface area contributed by atoms with Crippen LogP contribution >= 0.6 is 0 Å². The van der Waals surface area contributed by atoms with E-state index in [0.29, 0.717) is 5.56 Å². The van der Waals surface area contributed by atoms with Crippen LogP contribution in [0.25, 0.3) is 11.1 Å². The van der Waals surface area contributed by atoms with Gasteiger partial charge in [0.25, 0.3) is 0 Å². The molecule has 17 heavy (non-hydrogen) atoms. The molecular weight excluding hydrogens is 214 g/mol. The summed E-state index contributed by atoms with van der Waals surface area (Å²) in [5.74, 6) is -0.999. The third-order valence-corrected chi connectivity index (χ3v) is 2.91. The van der Waals surface area contributed by atoms with Crippen molar-refractivity contribution >= 4 is 5.97 Å². The molecule has 0 atom stereocenters. The lowest BCUT2D eigenvalue weighted by atomic mass is 9.96. The average Bonchev–Trinajstić information content (AvgIpc) is 2.33. The molecule has 3 heteroatoms. The van der Waals surface area contributed by atoms with Gasteiger partial charge >= 0.3 is 5.97 Å². The molecule has 2 aromatic rings. The number of hydrogen-bond acceptors (Lipinski definition) is 2. The molecule has 0 radical (unpaired) electrons. The lowest BCUT2D eigenvalue weighted by Crippen LogP contribution is -2.03. The van der Waals surface area contributed by atoms with Crippen molar-refractivity contribution in [1.29, 1.82) is 0 Å². The van der Waals surface area contributed by atoms with Crippen LogP contribution in [0.1, 0.15) is 21.6 Å². The smallest absolute Gasteiger partial charge is 0.355 e. The fraction of sp³-hybridized carbons (Fsp3) is 0.143. The van der Waals surface area contributed by atoms with Gasteiger partial charge in [0.1, 0.15) is 0 Å². The Hall–Kier alpha value is -2.16. The van der Waals surface area contributed by atoms with E-state index in [1.54, 1.807) is 12.1 Å². The zero-order valence-electron chi connectivity index (χ0n) is 9.77. The maximum atomic E-state index is 11.1. The molecule has 0 aliphatic carbocycles. The van der Waals surface area contributed by atoms with Gasteiger partial charge in [-0.1, -0.05) is 24.3 Å². The van der Waals surface area contributed by atoms with Gasteiger partial charge in [-0.3, -0.25) is 0 Å². The molecule has 1 heterocycles. The van der Waals surface area contributed by atoms with Crippen LogP contribution < -0.4 is 0 Å². The molecule has 0 saturated carbocycles. The van der Waals surface area contributed by atoms with Crippen LogP contribution in [-0.2, 0) is 0 Å². The van der Waals surface area contributed by atoms with Crippen molar-refractivity contribution in [2.75, 3.05) is 0 Å². The van der Waals surface area contributed by atoms with E-state index >= 15 is 0 Å². The molecule has 0 aliphatic heterocycles. The van der Waals surface area contributed by atoms with Crippen molar-refractivity contribution in [2.45, 2.75) is 13.8 Å². The monoisotopic (exact) mass is 227 g/mol. The van der Waals surface area contributed by atoms with Gasteiger partial charge in [-0.05, 0) is 36.6 Å². The van der Waals surface area contributed by atoms with Crippen LogP contribution in [-0.4, -0.2) is 16.1 Å². The molecule has 86 valence electrons. The van der Waals surface area contributed by atoms with Crippen molar-refractivity contribution in [1.82, 2.24) is 4.98 Å². The highest BCUT2D eigenvalue weighted by atomic mass is 16.4. The fourth-order valence-electron chi connectivity index (χ4n) is 1.84. The third kappa shape index (κ3) is 2.04. The first kappa shape index (κ1) is 11.3. The van der Waals surface area contributed by atoms with Crippen molar-refractivity contribution in [2.24, 2.45) is 0 Å². The maximum absolute atomic E-state index is 11.1. The average molecular weight is 227 g/mol. The van der Waals surface area contributed by atoms with E-state index in [4.69, 9.17) is 5.11 Å². The minimum Gasteiger partial charge on any atom is -0.476 e. The normalized spacial score (nSPS) is 10.2. The standard InChI is InChI=1S/C14H13NO2/c1-9-5-3-6-11(10(9)2)12-7-4-8-15-13(12)14(16)17/h3-8H,1-2H3,(H,16,17). The molecule has 0 amide bonds. The predicted octanol–water partition coefficient (Wildman–Crippen LogP) is 3.06. The number of aryl methyl sites for hydroxylation is 1. The van der Waals surface area contributed by atoms with Gasteiger partial charge in [0.2, 0.25) is 0 Å². The molecule has 0 unspecified atom stereocenters. The molecule has 2 rings (SSSR count). The van der Waals surface area contributed by atoms with E-state index in [-0.39, 0.29) is 5.69 Å². The first-order valence-corrected chi connectivity index (χ1v) is 5.36. The highest BCUT2D eigenvalue weighted by Gasteiger charge is 2.14. The summed E-state index contributed by atoms with van der Waals surface area (Å²) in [5.41, 5.74) is 3.92. The number of carboxylic acid groups (broad SMARTS) is 1. The molecule has 1 aromatic heterocycles. The van der Waals surface area contributed by atoms with Crippen LogP contribution in [0.5, 0.6) is 0 Å². The Morgan fingerprint density at radius 3 is 2.53 bits per heavy atom. The van der Waals surface area contributed by atoms with E-state index in [1.165, 1.54) is 6.20 Å². The van der Waals surface area contributed by atoms with E-state index in [1.807, 2.05) is 32.0 Å². The minimum absolute atomic E-state index is 0.0983. The van der Waals surface area contributed by atoms with Gasteiger partial charge in [-0.2, -0.15) is 0 Å². The number of aromatic nitrogens is 1. The van der Waals surface area contributed by atoms with Crippen LogP contribution in [0.15, 0.2) is 36.5 Å². The quantitative estimate of drug-likeness (QED) is 0.857. The molecule has 3 nitrogen and oxygen atoms in total. The van der Waals surface area contributed by atoms with Crippen LogP contribution in [0.3, 0.4) is 0 Å². The predicted molar refractivity (Wildman–Crippen MR) is 66.1 cm³/mol. The van der Waals surface area contributed by atoms with Crippen molar-refractivity contribution < 1.29 is 9.90 Å². The van der Waals surface area contributed by atoms with Gasteiger partial charge in [0.05, 0.1) is 0 Å². The first-order valence-electron chi connectivity index (χ1n) is 5.36. The Morgan fingerprint density at radius 2 is 1.82 bits per heavy atom. The summed E-state index contributed by atoms with van der Waals surface area (Å²) in [6.07, 6.45) is 1.50. The Bertz CT molecular complexity index is 576. The maximum Gasteiger partial charge on any atom is 0.355 e. The van der Waals surface area contributed by atoms with Gasteiger partial charge in [-0.25, -0.2) is 9.78 Å². The van der Waals surface area contributed by atoms with Crippen LogP contribution in [0.2, 0.25) is 0 Å². The van der Waals surface area contributed by atoms with Gasteiger partial charge in [-0.15, -0.1) is 0 Å². The lowest BCUT2D eigenvalue weighted by Gasteiger charge is -2.10. The fourth-order valence-corrected chi connectivity index (χ4v) is 1.84. The Labute approximate surface area is 99.8 Å². The van der Waals surface area contributed by atoms with Gasteiger partial charge in [0.15, 0.2) is 5.69 Å². The molecule has 0 saturated heterocycles. The number of hydrogen-bond donors (Lipinski definition) is 1. The molecule has 0 aliphatic rings. The molecular formula is C14H13NO2. The summed E-state index contributed by atoms with van der Waals surface area (Å²) in [4.78, 5) is 15.1. The number of aromatic carboxylic acids is 1. The van der Waals surface area contributed by atoms with Crippen molar-refractivity contribution in [3.05, 3.63) is 53.3 Å². The summed E-state index contributed by atoms with van der Waals surface area (Å²) in [5, 5.41) is 9.12. The summed E-state index contributed by atoms with van der Waals surface area (Å²) in [6.45, 7) is 4.00. The zero-order valence-corrected chi connectivity index (χ0v) is 9.77. The van der Waals surface area contributed by atoms with E-state index < -0.39 is 5.97 Å². The van der Waals surface area contributed by atoms with E-state index in [2.05, 4.69) is 4.98 Å². The van der Waals surface area contributed by atoms with Crippen molar-refractivity contribution in [3.8, 4) is 11.1 Å². The Kier molecular flexibility index (Phi) is 2.91. The second-order valence-corrected chi connectivity index (χ2v) is 3.95. The summed E-state index contributed by atoms with van der Waals surface area (Å²) in [7, 11) is 0. The second-order valence-electron chi connectivity index (χ2n) is 3.95. The minimum atomic E-state index is -0.999. The lowest BCUT2D eigenvalue weighted by molar-refractivity contribution is 0.0691. The molecule has 1 N–H and O–H groups in total. The van der Waals surface area contributed by atoms with E-state index in [9.17, 15) is 4.79 Å². The second kappa shape index (κ2) is 4.37. The first-order chi connectivity index (χ1) is 8.11. The number of carbonyl (C=O) groups is 1. The zero-order chi connectivity index (χ0) is 12.4. The molecule has 0 fully saturated rings. The van der Waals surface area contributed by atoms with Gasteiger partial charge < -0.3 is 5.11 Å². The number of benzene rings is 1. The largest absolute Gasteiger partial charge is 0.476 e. The SMILES string of the molecule is Cc1cccc(-c2cccnc2C(=O)O)c1C. The summed E-state index contributed by atoms with van der Waals surface area (Å²) < 4.78 is 0. The topological polar surface area (TPSA) is 50.2 Å². The van der Waals surface area contributed by atoms with Crippen LogP contribution in [0, 0.1) is 13.8 Å². The van der Waals surface area contributed by atoms with Gasteiger partial charge in [0, 0.05) is 11.8 Å². The van der Waals surface area contributed by atoms with E-state index in [0.717, 1.165) is 16.7 Å². The summed E-state index contributed by atoms with van der Waals surface area (Å²) >= 11 is 0. The Balaban J connectivity index is 2.69. The highest BCUT2D eigenvalue weighted by Crippen LogP contribution is 2.27. The number of pyridine rings is 1. The molecule has 0 spiro atoms. The molecule has 0 bridgehead atoms. The molecule has 1 aromatic carbocycles. The number of rotatable bonds is 2. The van der Waals surface area contributed by atoms with Crippen molar-refractivity contribution in [3.63, 3.8) is 0 Å². The highest BCUT2D eigenvalue weighted by molar-refractivity contribution is 5.94. The third-order valence-electron chi connectivity index (χ3n) is 2.91.